The van der Waals surface area contributed by atoms with Crippen LogP contribution in [0.5, 0.6) is 0 Å². The quantitative estimate of drug-likeness (QED) is 0.669. The van der Waals surface area contributed by atoms with Crippen molar-refractivity contribution in [2.24, 2.45) is 5.92 Å². The Bertz CT molecular complexity index is 634. The zero-order valence-electron chi connectivity index (χ0n) is 14.8. The van der Waals surface area contributed by atoms with Crippen LogP contribution in [0.25, 0.3) is 0 Å². The van der Waals surface area contributed by atoms with E-state index in [1.165, 1.54) is 4.31 Å². The number of nitrogens with zero attached hydrogens (tertiary/aromatic N) is 1. The lowest BCUT2D eigenvalue weighted by atomic mass is 9.99. The fourth-order valence-corrected chi connectivity index (χ4v) is 4.64. The van der Waals surface area contributed by atoms with Gasteiger partial charge in [0, 0.05) is 26.7 Å². The van der Waals surface area contributed by atoms with E-state index in [9.17, 15) is 13.2 Å². The van der Waals surface area contributed by atoms with Crippen LogP contribution in [0.15, 0.2) is 30.3 Å². The van der Waals surface area contributed by atoms with Gasteiger partial charge in [0.2, 0.25) is 15.9 Å². The molecule has 0 radical (unpaired) electrons. The fourth-order valence-electron chi connectivity index (χ4n) is 3.06. The maximum absolute atomic E-state index is 12.6. The molecular weight excluding hydrogens is 340 g/mol. The number of hydrogen-bond acceptors (Lipinski definition) is 4. The van der Waals surface area contributed by atoms with Gasteiger partial charge in [-0.05, 0) is 31.2 Å². The first kappa shape index (κ1) is 19.9. The topological polar surface area (TPSA) is 75.7 Å². The molecule has 7 heteroatoms. The first-order valence-corrected chi connectivity index (χ1v) is 10.4. The number of carbonyl (C=O) groups is 1. The van der Waals surface area contributed by atoms with Gasteiger partial charge in [0.25, 0.3) is 0 Å². The predicted molar refractivity (Wildman–Crippen MR) is 97.7 cm³/mol. The summed E-state index contributed by atoms with van der Waals surface area (Å²) in [6, 6.07) is 9.89. The van der Waals surface area contributed by atoms with Gasteiger partial charge in [-0.2, -0.15) is 0 Å². The van der Waals surface area contributed by atoms with E-state index in [2.05, 4.69) is 5.32 Å². The van der Waals surface area contributed by atoms with Gasteiger partial charge in [-0.1, -0.05) is 30.3 Å². The monoisotopic (exact) mass is 368 g/mol. The molecule has 1 aliphatic rings. The standard InChI is InChI=1S/C18H28N2O4S/c1-24-13-11-19-18(21)17-10-5-12-20(15-17)25(22,23)14-6-9-16-7-3-2-4-8-16/h2-4,7-8,17H,5-6,9-15H2,1H3,(H,19,21)/t17-/m0/s1. The lowest BCUT2D eigenvalue weighted by Gasteiger charge is -2.31. The highest BCUT2D eigenvalue weighted by Gasteiger charge is 2.31. The zero-order valence-corrected chi connectivity index (χ0v) is 15.6. The molecule has 0 bridgehead atoms. The van der Waals surface area contributed by atoms with Crippen molar-refractivity contribution in [1.29, 1.82) is 0 Å². The van der Waals surface area contributed by atoms with Crippen molar-refractivity contribution >= 4 is 15.9 Å². The van der Waals surface area contributed by atoms with Crippen LogP contribution in [0.2, 0.25) is 0 Å². The second-order valence-corrected chi connectivity index (χ2v) is 8.47. The number of nitrogens with one attached hydrogen (secondary N) is 1. The fraction of sp³-hybridized carbons (Fsp3) is 0.611. The molecule has 0 aliphatic carbocycles. The van der Waals surface area contributed by atoms with Crippen molar-refractivity contribution in [3.63, 3.8) is 0 Å². The van der Waals surface area contributed by atoms with Crippen molar-refractivity contribution in [2.45, 2.75) is 25.7 Å². The molecule has 1 atom stereocenters. The molecule has 2 rings (SSSR count). The largest absolute Gasteiger partial charge is 0.383 e. The smallest absolute Gasteiger partial charge is 0.224 e. The Labute approximate surface area is 150 Å². The third-order valence-corrected chi connectivity index (χ3v) is 6.39. The van der Waals surface area contributed by atoms with E-state index in [1.807, 2.05) is 30.3 Å². The molecule has 140 valence electrons. The molecule has 0 unspecified atom stereocenters. The van der Waals surface area contributed by atoms with E-state index in [1.54, 1.807) is 7.11 Å². The van der Waals surface area contributed by atoms with E-state index in [0.717, 1.165) is 24.8 Å². The van der Waals surface area contributed by atoms with Gasteiger partial charge in [0.1, 0.15) is 0 Å². The minimum absolute atomic E-state index is 0.0822. The van der Waals surface area contributed by atoms with Crippen molar-refractivity contribution < 1.29 is 17.9 Å². The van der Waals surface area contributed by atoms with Crippen LogP contribution in [0.1, 0.15) is 24.8 Å². The van der Waals surface area contributed by atoms with Gasteiger partial charge < -0.3 is 10.1 Å². The van der Waals surface area contributed by atoms with Gasteiger partial charge in [-0.3, -0.25) is 4.79 Å². The summed E-state index contributed by atoms with van der Waals surface area (Å²) in [6.07, 6.45) is 2.79. The molecular formula is C18H28N2O4S. The lowest BCUT2D eigenvalue weighted by Crippen LogP contribution is -2.46. The van der Waals surface area contributed by atoms with Crippen molar-refractivity contribution in [1.82, 2.24) is 9.62 Å². The molecule has 6 nitrogen and oxygen atoms in total. The van der Waals surface area contributed by atoms with Gasteiger partial charge in [0.15, 0.2) is 0 Å². The van der Waals surface area contributed by atoms with Crippen LogP contribution >= 0.6 is 0 Å². The maximum atomic E-state index is 12.6. The number of rotatable bonds is 9. The summed E-state index contributed by atoms with van der Waals surface area (Å²) in [4.78, 5) is 12.2. The summed E-state index contributed by atoms with van der Waals surface area (Å²) in [6.45, 7) is 1.71. The number of ether oxygens (including phenoxy) is 1. The van der Waals surface area contributed by atoms with Crippen LogP contribution in [-0.4, -0.2) is 57.7 Å². The van der Waals surface area contributed by atoms with Crippen LogP contribution < -0.4 is 5.32 Å². The first-order chi connectivity index (χ1) is 12.0. The minimum atomic E-state index is -3.32. The van der Waals surface area contributed by atoms with Gasteiger partial charge in [-0.25, -0.2) is 12.7 Å². The summed E-state index contributed by atoms with van der Waals surface area (Å²) in [5.41, 5.74) is 1.15. The summed E-state index contributed by atoms with van der Waals surface area (Å²) >= 11 is 0. The molecule has 25 heavy (non-hydrogen) atoms. The van der Waals surface area contributed by atoms with E-state index < -0.39 is 10.0 Å². The highest BCUT2D eigenvalue weighted by molar-refractivity contribution is 7.89. The molecule has 1 fully saturated rings. The average Bonchev–Trinajstić information content (AvgIpc) is 2.63. The molecule has 1 aliphatic heterocycles. The average molecular weight is 368 g/mol. The second kappa shape index (κ2) is 9.89. The molecule has 1 amide bonds. The number of sulfonamides is 1. The highest BCUT2D eigenvalue weighted by Crippen LogP contribution is 2.20. The number of carbonyl (C=O) groups excluding carboxylic acids is 1. The van der Waals surface area contributed by atoms with E-state index in [0.29, 0.717) is 26.1 Å². The Hall–Kier alpha value is -1.44. The Morgan fingerprint density at radius 1 is 1.32 bits per heavy atom. The van der Waals surface area contributed by atoms with E-state index >= 15 is 0 Å². The molecule has 1 N–H and O–H groups in total. The number of hydrogen-bond donors (Lipinski definition) is 1. The van der Waals surface area contributed by atoms with Crippen molar-refractivity contribution in [3.05, 3.63) is 35.9 Å². The molecule has 1 saturated heterocycles. The van der Waals surface area contributed by atoms with Crippen LogP contribution in [0.4, 0.5) is 0 Å². The van der Waals surface area contributed by atoms with Gasteiger partial charge in [0.05, 0.1) is 18.3 Å². The SMILES string of the molecule is COCCNC(=O)[C@H]1CCCN(S(=O)(=O)CCCc2ccccc2)C1. The Morgan fingerprint density at radius 3 is 2.80 bits per heavy atom. The third-order valence-electron chi connectivity index (χ3n) is 4.46. The third kappa shape index (κ3) is 6.41. The van der Waals surface area contributed by atoms with Crippen molar-refractivity contribution in [3.8, 4) is 0 Å². The number of benzene rings is 1. The van der Waals surface area contributed by atoms with Crippen LogP contribution in [0.3, 0.4) is 0 Å². The van der Waals surface area contributed by atoms with Crippen LogP contribution in [-0.2, 0) is 26.0 Å². The second-order valence-electron chi connectivity index (χ2n) is 6.39. The highest BCUT2D eigenvalue weighted by atomic mass is 32.2. The lowest BCUT2D eigenvalue weighted by molar-refractivity contribution is -0.126. The Morgan fingerprint density at radius 2 is 2.08 bits per heavy atom. The molecule has 0 saturated carbocycles. The molecule has 0 aromatic heterocycles. The minimum Gasteiger partial charge on any atom is -0.383 e. The molecule has 1 aromatic rings. The molecule has 0 spiro atoms. The molecule has 1 aromatic carbocycles. The van der Waals surface area contributed by atoms with E-state index in [4.69, 9.17) is 4.74 Å². The Kier molecular flexibility index (Phi) is 7.87. The Balaban J connectivity index is 1.82. The summed E-state index contributed by atoms with van der Waals surface area (Å²) in [7, 11) is -1.74. The predicted octanol–water partition coefficient (Wildman–Crippen LogP) is 1.42. The number of aryl methyl sites for hydroxylation is 1. The number of methoxy groups -OCH3 is 1. The van der Waals surface area contributed by atoms with Crippen molar-refractivity contribution in [2.75, 3.05) is 39.1 Å². The number of amides is 1. The van der Waals surface area contributed by atoms with Gasteiger partial charge >= 0.3 is 0 Å². The number of piperidine rings is 1. The van der Waals surface area contributed by atoms with Gasteiger partial charge in [-0.15, -0.1) is 0 Å². The van der Waals surface area contributed by atoms with Crippen LogP contribution in [0, 0.1) is 5.92 Å². The summed E-state index contributed by atoms with van der Waals surface area (Å²) in [5.74, 6) is -0.226. The first-order valence-electron chi connectivity index (χ1n) is 8.81. The molecule has 1 heterocycles. The summed E-state index contributed by atoms with van der Waals surface area (Å²) < 4.78 is 31.6. The summed E-state index contributed by atoms with van der Waals surface area (Å²) in [5, 5.41) is 2.80. The normalized spacial score (nSPS) is 18.8. The maximum Gasteiger partial charge on any atom is 0.224 e. The zero-order chi connectivity index (χ0) is 18.1. The van der Waals surface area contributed by atoms with E-state index in [-0.39, 0.29) is 24.1 Å².